The summed E-state index contributed by atoms with van der Waals surface area (Å²) in [5.74, 6) is -0.197. The zero-order valence-corrected chi connectivity index (χ0v) is 30.5. The molecule has 0 fully saturated rings. The molecule has 45 heavy (non-hydrogen) atoms. The molecule has 0 aromatic heterocycles. The number of aliphatic hydroxyl groups excluding tert-OH is 1. The molecular weight excluding hydrogens is 587 g/mol. The van der Waals surface area contributed by atoms with Crippen LogP contribution >= 0.6 is 7.82 Å². The molecule has 0 aliphatic rings. The van der Waals surface area contributed by atoms with Gasteiger partial charge >= 0.3 is 7.82 Å². The molecule has 8 nitrogen and oxygen atoms in total. The van der Waals surface area contributed by atoms with E-state index >= 15 is 0 Å². The van der Waals surface area contributed by atoms with Gasteiger partial charge in [0, 0.05) is 6.42 Å². The highest BCUT2D eigenvalue weighted by Crippen LogP contribution is 2.43. The number of rotatable bonds is 31. The van der Waals surface area contributed by atoms with Gasteiger partial charge in [-0.1, -0.05) is 127 Å². The van der Waals surface area contributed by atoms with Gasteiger partial charge in [-0.3, -0.25) is 13.8 Å². The molecule has 0 spiro atoms. The number of amides is 1. The highest BCUT2D eigenvalue weighted by Gasteiger charge is 2.27. The average Bonchev–Trinajstić information content (AvgIpc) is 2.97. The van der Waals surface area contributed by atoms with Crippen molar-refractivity contribution in [1.29, 1.82) is 0 Å². The van der Waals surface area contributed by atoms with E-state index in [1.165, 1.54) is 70.6 Å². The lowest BCUT2D eigenvalue weighted by Crippen LogP contribution is -2.45. The third kappa shape index (κ3) is 31.1. The molecule has 0 saturated carbocycles. The van der Waals surface area contributed by atoms with Gasteiger partial charge in [-0.25, -0.2) is 4.57 Å². The molecule has 3 N–H and O–H groups in total. The fourth-order valence-electron chi connectivity index (χ4n) is 4.78. The molecular formula is C36H70N2O6P+. The maximum atomic E-state index is 12.7. The van der Waals surface area contributed by atoms with Crippen molar-refractivity contribution in [1.82, 2.24) is 5.32 Å². The van der Waals surface area contributed by atoms with Crippen LogP contribution in [0.4, 0.5) is 0 Å². The topological polar surface area (TPSA) is 105 Å². The van der Waals surface area contributed by atoms with Gasteiger partial charge in [-0.05, 0) is 39.0 Å². The lowest BCUT2D eigenvalue weighted by Gasteiger charge is -2.25. The predicted molar refractivity (Wildman–Crippen MR) is 189 cm³/mol. The van der Waals surface area contributed by atoms with Gasteiger partial charge in [0.05, 0.1) is 39.9 Å². The quantitative estimate of drug-likeness (QED) is 0.0298. The molecule has 264 valence electrons. The zero-order valence-electron chi connectivity index (χ0n) is 29.6. The number of nitrogens with one attached hydrogen (secondary N) is 1. The third-order valence-corrected chi connectivity index (χ3v) is 8.67. The zero-order chi connectivity index (χ0) is 33.7. The first kappa shape index (κ1) is 43.7. The second-order valence-electron chi connectivity index (χ2n) is 13.2. The number of quaternary nitrogens is 1. The molecule has 1 amide bonds. The molecule has 0 heterocycles. The van der Waals surface area contributed by atoms with Gasteiger partial charge < -0.3 is 19.8 Å². The number of carbonyl (C=O) groups is 1. The number of hydrogen-bond donors (Lipinski definition) is 3. The maximum Gasteiger partial charge on any atom is 0.472 e. The molecule has 0 aliphatic carbocycles. The average molecular weight is 658 g/mol. The molecule has 3 atom stereocenters. The number of likely N-dealkylation sites (N-methyl/N-ethyl adjacent to an activating group) is 1. The van der Waals surface area contributed by atoms with Gasteiger partial charge in [0.1, 0.15) is 13.2 Å². The van der Waals surface area contributed by atoms with Gasteiger partial charge in [-0.2, -0.15) is 0 Å². The van der Waals surface area contributed by atoms with E-state index in [4.69, 9.17) is 9.05 Å². The highest BCUT2D eigenvalue weighted by atomic mass is 31.2. The van der Waals surface area contributed by atoms with Crippen LogP contribution in [0.15, 0.2) is 36.5 Å². The summed E-state index contributed by atoms with van der Waals surface area (Å²) in [6, 6.07) is -0.862. The van der Waals surface area contributed by atoms with Crippen molar-refractivity contribution in [3.63, 3.8) is 0 Å². The van der Waals surface area contributed by atoms with Gasteiger partial charge in [0.15, 0.2) is 0 Å². The Balaban J connectivity index is 4.55. The highest BCUT2D eigenvalue weighted by molar-refractivity contribution is 7.47. The molecule has 9 heteroatoms. The Morgan fingerprint density at radius 2 is 1.27 bits per heavy atom. The second kappa shape index (κ2) is 28.9. The fourth-order valence-corrected chi connectivity index (χ4v) is 5.52. The number of carbonyl (C=O) groups excluding carboxylic acids is 1. The number of aliphatic hydroxyl groups is 1. The summed E-state index contributed by atoms with van der Waals surface area (Å²) in [6.07, 6.45) is 32.3. The van der Waals surface area contributed by atoms with E-state index in [9.17, 15) is 19.4 Å². The Morgan fingerprint density at radius 3 is 1.78 bits per heavy atom. The molecule has 0 rings (SSSR count). The summed E-state index contributed by atoms with van der Waals surface area (Å²) in [7, 11) is 1.54. The number of phosphoric acid groups is 1. The molecule has 3 unspecified atom stereocenters. The van der Waals surface area contributed by atoms with Crippen LogP contribution in [-0.2, 0) is 18.4 Å². The molecule has 0 saturated heterocycles. The smallest absolute Gasteiger partial charge is 0.387 e. The Kier molecular flexibility index (Phi) is 28.1. The molecule has 0 aliphatic heterocycles. The molecule has 0 aromatic carbocycles. The van der Waals surface area contributed by atoms with Crippen molar-refractivity contribution in [3.05, 3.63) is 36.5 Å². The summed E-state index contributed by atoms with van der Waals surface area (Å²) in [5, 5.41) is 13.6. The summed E-state index contributed by atoms with van der Waals surface area (Å²) >= 11 is 0. The van der Waals surface area contributed by atoms with Crippen LogP contribution in [0.25, 0.3) is 0 Å². The summed E-state index contributed by atoms with van der Waals surface area (Å²) < 4.78 is 23.3. The Labute approximate surface area is 276 Å². The predicted octanol–water partition coefficient (Wildman–Crippen LogP) is 8.79. The minimum absolute atomic E-state index is 0.0537. The van der Waals surface area contributed by atoms with Crippen LogP contribution in [0, 0.1) is 0 Å². The standard InChI is InChI=1S/C36H69N2O6P/c1-6-8-10-12-14-16-17-18-19-20-22-24-26-28-30-36(40)37-34(33-44-45(41,42)43-32-31-38(3,4)5)35(39)29-27-25-23-21-15-13-11-9-7-2/h7,9,15,21,27,29,34-35,39H,6,8,10-14,16-20,22-26,28,30-33H2,1-5H3,(H-,37,40,41,42)/p+1/b9-7+,21-15+,29-27+. The van der Waals surface area contributed by atoms with E-state index in [2.05, 4.69) is 30.5 Å². The van der Waals surface area contributed by atoms with Crippen molar-refractivity contribution in [2.45, 2.75) is 148 Å². The van der Waals surface area contributed by atoms with Crippen molar-refractivity contribution in [2.24, 2.45) is 0 Å². The van der Waals surface area contributed by atoms with E-state index in [1.54, 1.807) is 6.08 Å². The van der Waals surface area contributed by atoms with Crippen molar-refractivity contribution >= 4 is 13.7 Å². The van der Waals surface area contributed by atoms with E-state index < -0.39 is 20.0 Å². The van der Waals surface area contributed by atoms with E-state index in [-0.39, 0.29) is 19.1 Å². The minimum atomic E-state index is -4.33. The van der Waals surface area contributed by atoms with Crippen LogP contribution in [0.5, 0.6) is 0 Å². The largest absolute Gasteiger partial charge is 0.472 e. The number of allylic oxidation sites excluding steroid dienone is 5. The summed E-state index contributed by atoms with van der Waals surface area (Å²) in [5.41, 5.74) is 0. The van der Waals surface area contributed by atoms with Crippen LogP contribution < -0.4 is 5.32 Å². The van der Waals surface area contributed by atoms with Gasteiger partial charge in [0.2, 0.25) is 5.91 Å². The lowest BCUT2D eigenvalue weighted by molar-refractivity contribution is -0.870. The van der Waals surface area contributed by atoms with Crippen LogP contribution in [0.3, 0.4) is 0 Å². The Bertz CT molecular complexity index is 840. The third-order valence-electron chi connectivity index (χ3n) is 7.69. The first-order valence-electron chi connectivity index (χ1n) is 17.8. The second-order valence-corrected chi connectivity index (χ2v) is 14.7. The summed E-state index contributed by atoms with van der Waals surface area (Å²) in [6.45, 7) is 4.52. The van der Waals surface area contributed by atoms with Gasteiger partial charge in [-0.15, -0.1) is 0 Å². The number of phosphoric ester groups is 1. The van der Waals surface area contributed by atoms with Crippen LogP contribution in [0.1, 0.15) is 136 Å². The van der Waals surface area contributed by atoms with E-state index in [0.717, 1.165) is 44.9 Å². The van der Waals surface area contributed by atoms with E-state index in [0.29, 0.717) is 17.4 Å². The first-order chi connectivity index (χ1) is 21.5. The maximum absolute atomic E-state index is 12.7. The minimum Gasteiger partial charge on any atom is -0.387 e. The molecule has 0 aromatic rings. The van der Waals surface area contributed by atoms with Crippen molar-refractivity contribution in [2.75, 3.05) is 40.9 Å². The van der Waals surface area contributed by atoms with Crippen molar-refractivity contribution < 1.29 is 32.9 Å². The first-order valence-corrected chi connectivity index (χ1v) is 19.3. The fraction of sp³-hybridized carbons (Fsp3) is 0.806. The normalized spacial score (nSPS) is 15.3. The van der Waals surface area contributed by atoms with Crippen LogP contribution in [-0.4, -0.2) is 73.4 Å². The number of nitrogens with zero attached hydrogens (tertiary/aromatic N) is 1. The SMILES string of the molecule is C/C=C/CC/C=C/CC/C=C/C(O)C(COP(=O)(O)OCC[N+](C)(C)C)NC(=O)CCCCCCCCCCCCCCCC. The number of hydrogen-bond acceptors (Lipinski definition) is 5. The van der Waals surface area contributed by atoms with Crippen molar-refractivity contribution in [3.8, 4) is 0 Å². The Morgan fingerprint density at radius 1 is 0.778 bits per heavy atom. The van der Waals surface area contributed by atoms with Gasteiger partial charge in [0.25, 0.3) is 0 Å². The molecule has 0 bridgehead atoms. The monoisotopic (exact) mass is 657 g/mol. The van der Waals surface area contributed by atoms with Crippen LogP contribution in [0.2, 0.25) is 0 Å². The van der Waals surface area contributed by atoms with E-state index in [1.807, 2.05) is 40.2 Å². The number of unbranched alkanes of at least 4 members (excludes halogenated alkanes) is 15. The molecule has 0 radical (unpaired) electrons. The lowest BCUT2D eigenvalue weighted by atomic mass is 10.0. The Hall–Kier alpha value is -1.28. The summed E-state index contributed by atoms with van der Waals surface area (Å²) in [4.78, 5) is 22.9.